The van der Waals surface area contributed by atoms with Gasteiger partial charge < -0.3 is 5.32 Å². The molecule has 0 saturated heterocycles. The number of halogens is 1. The maximum Gasteiger partial charge on any atom is 0.261 e. The van der Waals surface area contributed by atoms with E-state index in [2.05, 4.69) is 21.2 Å². The molecule has 1 aromatic rings. The lowest BCUT2D eigenvalue weighted by Crippen LogP contribution is -2.15. The van der Waals surface area contributed by atoms with Gasteiger partial charge in [-0.3, -0.25) is 4.79 Å². The minimum absolute atomic E-state index is 0.0318. The van der Waals surface area contributed by atoms with E-state index in [1.54, 1.807) is 13.1 Å². The maximum absolute atomic E-state index is 10.9. The molecule has 1 aromatic heterocycles. The topological polar surface area (TPSA) is 29.1 Å². The molecule has 0 bridgehead atoms. The molecule has 0 aliphatic carbocycles. The van der Waals surface area contributed by atoms with Gasteiger partial charge in [0.15, 0.2) is 0 Å². The Balaban J connectivity index is 2.85. The zero-order valence-corrected chi connectivity index (χ0v) is 7.75. The zero-order valence-electron chi connectivity index (χ0n) is 5.35. The average molecular weight is 220 g/mol. The molecule has 0 saturated carbocycles. The second kappa shape index (κ2) is 3.16. The summed E-state index contributed by atoms with van der Waals surface area (Å²) in [6, 6.07) is 1.80. The third-order valence-corrected chi connectivity index (χ3v) is 2.71. The molecule has 0 unspecified atom stereocenters. The first-order valence-electron chi connectivity index (χ1n) is 2.70. The van der Waals surface area contributed by atoms with Crippen molar-refractivity contribution in [3.05, 3.63) is 20.8 Å². The van der Waals surface area contributed by atoms with Gasteiger partial charge in [0.25, 0.3) is 5.91 Å². The molecule has 1 N–H and O–H groups in total. The molecular formula is C6H6BrNOS. The first kappa shape index (κ1) is 7.75. The Bertz CT molecular complexity index is 246. The van der Waals surface area contributed by atoms with Crippen molar-refractivity contribution in [2.24, 2.45) is 0 Å². The second-order valence-corrected chi connectivity index (χ2v) is 3.54. The van der Waals surface area contributed by atoms with Crippen LogP contribution in [-0.2, 0) is 0 Å². The van der Waals surface area contributed by atoms with Gasteiger partial charge >= 0.3 is 0 Å². The molecule has 54 valence electrons. The summed E-state index contributed by atoms with van der Waals surface area (Å²) in [5.74, 6) is -0.0318. The van der Waals surface area contributed by atoms with Crippen LogP contribution in [0.3, 0.4) is 0 Å². The SMILES string of the molecule is CNC(=O)c1cc(Br)cs1. The third kappa shape index (κ3) is 1.58. The van der Waals surface area contributed by atoms with Crippen molar-refractivity contribution in [1.29, 1.82) is 0 Å². The van der Waals surface area contributed by atoms with Crippen molar-refractivity contribution in [2.45, 2.75) is 0 Å². The van der Waals surface area contributed by atoms with Gasteiger partial charge in [0.1, 0.15) is 0 Å². The Morgan fingerprint density at radius 1 is 1.80 bits per heavy atom. The first-order valence-corrected chi connectivity index (χ1v) is 4.37. The molecule has 10 heavy (non-hydrogen) atoms. The van der Waals surface area contributed by atoms with E-state index in [1.165, 1.54) is 11.3 Å². The highest BCUT2D eigenvalue weighted by Gasteiger charge is 2.04. The molecule has 0 radical (unpaired) electrons. The molecule has 2 nitrogen and oxygen atoms in total. The number of carbonyl (C=O) groups excluding carboxylic acids is 1. The van der Waals surface area contributed by atoms with E-state index in [0.29, 0.717) is 0 Å². The Hall–Kier alpha value is -0.350. The molecule has 4 heteroatoms. The van der Waals surface area contributed by atoms with Crippen LogP contribution in [0.5, 0.6) is 0 Å². The molecule has 1 amide bonds. The Morgan fingerprint density at radius 2 is 2.50 bits per heavy atom. The average Bonchev–Trinajstić information content (AvgIpc) is 2.34. The normalized spacial score (nSPS) is 9.40. The van der Waals surface area contributed by atoms with E-state index in [9.17, 15) is 4.79 Å². The molecule has 0 spiro atoms. The number of hydrogen-bond acceptors (Lipinski definition) is 2. The van der Waals surface area contributed by atoms with E-state index >= 15 is 0 Å². The van der Waals surface area contributed by atoms with Crippen LogP contribution in [0.15, 0.2) is 15.9 Å². The van der Waals surface area contributed by atoms with Crippen LogP contribution in [0.1, 0.15) is 9.67 Å². The van der Waals surface area contributed by atoms with Crippen molar-refractivity contribution in [3.63, 3.8) is 0 Å². The van der Waals surface area contributed by atoms with Gasteiger partial charge in [-0.1, -0.05) is 0 Å². The van der Waals surface area contributed by atoms with E-state index in [0.717, 1.165) is 9.35 Å². The van der Waals surface area contributed by atoms with Crippen molar-refractivity contribution in [2.75, 3.05) is 7.05 Å². The molecule has 0 aliphatic heterocycles. The lowest BCUT2D eigenvalue weighted by atomic mass is 10.4. The van der Waals surface area contributed by atoms with E-state index < -0.39 is 0 Å². The Labute approximate surface area is 71.4 Å². The van der Waals surface area contributed by atoms with Gasteiger partial charge in [0.2, 0.25) is 0 Å². The van der Waals surface area contributed by atoms with Crippen LogP contribution in [0.2, 0.25) is 0 Å². The molecule has 0 aromatic carbocycles. The van der Waals surface area contributed by atoms with Crippen molar-refractivity contribution in [1.82, 2.24) is 5.32 Å². The molecule has 0 atom stereocenters. The predicted molar refractivity (Wildman–Crippen MR) is 45.4 cm³/mol. The Morgan fingerprint density at radius 3 is 2.90 bits per heavy atom. The summed E-state index contributed by atoms with van der Waals surface area (Å²) in [6.45, 7) is 0. The number of amides is 1. The van der Waals surface area contributed by atoms with Gasteiger partial charge in [0.05, 0.1) is 4.88 Å². The first-order chi connectivity index (χ1) is 4.74. The van der Waals surface area contributed by atoms with Gasteiger partial charge in [-0.05, 0) is 22.0 Å². The fourth-order valence-corrected chi connectivity index (χ4v) is 1.93. The minimum atomic E-state index is -0.0318. The fourth-order valence-electron chi connectivity index (χ4n) is 0.555. The van der Waals surface area contributed by atoms with Crippen LogP contribution in [0.4, 0.5) is 0 Å². The number of nitrogens with one attached hydrogen (secondary N) is 1. The summed E-state index contributed by atoms with van der Waals surface area (Å²) in [7, 11) is 1.62. The van der Waals surface area contributed by atoms with Gasteiger partial charge in [-0.15, -0.1) is 11.3 Å². The van der Waals surface area contributed by atoms with Crippen LogP contribution in [0.25, 0.3) is 0 Å². The molecular weight excluding hydrogens is 214 g/mol. The third-order valence-electron chi connectivity index (χ3n) is 1.02. The monoisotopic (exact) mass is 219 g/mol. The van der Waals surface area contributed by atoms with Crippen molar-refractivity contribution >= 4 is 33.2 Å². The molecule has 0 fully saturated rings. The molecule has 1 rings (SSSR count). The maximum atomic E-state index is 10.9. The summed E-state index contributed by atoms with van der Waals surface area (Å²) in [5.41, 5.74) is 0. The minimum Gasteiger partial charge on any atom is -0.354 e. The van der Waals surface area contributed by atoms with E-state index in [1.807, 2.05) is 5.38 Å². The fraction of sp³-hybridized carbons (Fsp3) is 0.167. The predicted octanol–water partition coefficient (Wildman–Crippen LogP) is 1.87. The van der Waals surface area contributed by atoms with Crippen LogP contribution in [0, 0.1) is 0 Å². The summed E-state index contributed by atoms with van der Waals surface area (Å²) in [4.78, 5) is 11.6. The summed E-state index contributed by atoms with van der Waals surface area (Å²) in [5, 5.41) is 4.42. The van der Waals surface area contributed by atoms with Gasteiger partial charge in [-0.2, -0.15) is 0 Å². The molecule has 1 heterocycles. The largest absolute Gasteiger partial charge is 0.354 e. The highest BCUT2D eigenvalue weighted by molar-refractivity contribution is 9.10. The highest BCUT2D eigenvalue weighted by Crippen LogP contribution is 2.19. The highest BCUT2D eigenvalue weighted by atomic mass is 79.9. The standard InChI is InChI=1S/C6H6BrNOS/c1-8-6(9)5-2-4(7)3-10-5/h2-3H,1H3,(H,8,9). The lowest BCUT2D eigenvalue weighted by molar-refractivity contribution is 0.0967. The summed E-state index contributed by atoms with van der Waals surface area (Å²) >= 11 is 4.68. The van der Waals surface area contributed by atoms with Gasteiger partial charge in [-0.25, -0.2) is 0 Å². The number of thiophene rings is 1. The van der Waals surface area contributed by atoms with Crippen molar-refractivity contribution < 1.29 is 4.79 Å². The lowest BCUT2D eigenvalue weighted by Gasteiger charge is -1.90. The number of carbonyl (C=O) groups is 1. The summed E-state index contributed by atoms with van der Waals surface area (Å²) < 4.78 is 0.955. The van der Waals surface area contributed by atoms with Crippen LogP contribution in [-0.4, -0.2) is 13.0 Å². The second-order valence-electron chi connectivity index (χ2n) is 1.71. The number of hydrogen-bond donors (Lipinski definition) is 1. The van der Waals surface area contributed by atoms with E-state index in [-0.39, 0.29) is 5.91 Å². The quantitative estimate of drug-likeness (QED) is 0.769. The summed E-state index contributed by atoms with van der Waals surface area (Å²) in [6.07, 6.45) is 0. The smallest absolute Gasteiger partial charge is 0.261 e. The van der Waals surface area contributed by atoms with Gasteiger partial charge in [0, 0.05) is 16.9 Å². The molecule has 0 aliphatic rings. The van der Waals surface area contributed by atoms with Crippen LogP contribution < -0.4 is 5.32 Å². The van der Waals surface area contributed by atoms with E-state index in [4.69, 9.17) is 0 Å². The van der Waals surface area contributed by atoms with Crippen LogP contribution >= 0.6 is 27.3 Å². The Kier molecular flexibility index (Phi) is 2.45. The zero-order chi connectivity index (χ0) is 7.56. The van der Waals surface area contributed by atoms with Crippen molar-refractivity contribution in [3.8, 4) is 0 Å². The number of rotatable bonds is 1.